The molecule has 0 amide bonds. The summed E-state index contributed by atoms with van der Waals surface area (Å²) in [6, 6.07) is 20.9. The van der Waals surface area contributed by atoms with Gasteiger partial charge in [-0.3, -0.25) is 4.79 Å². The van der Waals surface area contributed by atoms with Gasteiger partial charge < -0.3 is 13.9 Å². The van der Waals surface area contributed by atoms with Crippen LogP contribution in [0.4, 0.5) is 5.69 Å². The standard InChI is InChI=1S/C28H23N5O2/c1-29-20-11-8-18(9-12-20)28(25-16-30-17-32(25)2)19-10-13-24-22(14-19)21(15-27(34)33(24)3)23-6-5-7-26(31-23)35-4/h5-17,28H,2-4H3/t28-/m0/s1. The zero-order valence-electron chi connectivity index (χ0n) is 19.6. The Kier molecular flexibility index (Phi) is 5.63. The fourth-order valence-corrected chi connectivity index (χ4v) is 4.47. The minimum atomic E-state index is -0.116. The molecular weight excluding hydrogens is 438 g/mol. The van der Waals surface area contributed by atoms with Gasteiger partial charge in [0.2, 0.25) is 5.88 Å². The molecule has 7 nitrogen and oxygen atoms in total. The van der Waals surface area contributed by atoms with Crippen LogP contribution in [0.3, 0.4) is 0 Å². The third-order valence-corrected chi connectivity index (χ3v) is 6.32. The molecule has 5 rings (SSSR count). The zero-order valence-corrected chi connectivity index (χ0v) is 19.6. The fraction of sp³-hybridized carbons (Fsp3) is 0.143. The Balaban J connectivity index is 1.77. The summed E-state index contributed by atoms with van der Waals surface area (Å²) in [6.07, 6.45) is 3.65. The summed E-state index contributed by atoms with van der Waals surface area (Å²) in [5.41, 5.74) is 5.82. The molecule has 0 aliphatic heterocycles. The first-order chi connectivity index (χ1) is 17.0. The number of pyridine rings is 2. The van der Waals surface area contributed by atoms with Crippen molar-refractivity contribution in [2.24, 2.45) is 14.1 Å². The Labute approximate surface area is 202 Å². The molecule has 5 aromatic rings. The summed E-state index contributed by atoms with van der Waals surface area (Å²) in [5.74, 6) is 0.371. The van der Waals surface area contributed by atoms with E-state index >= 15 is 0 Å². The van der Waals surface area contributed by atoms with E-state index in [-0.39, 0.29) is 11.5 Å². The lowest BCUT2D eigenvalue weighted by Gasteiger charge is -2.20. The maximum atomic E-state index is 12.8. The van der Waals surface area contributed by atoms with E-state index in [2.05, 4.69) is 20.9 Å². The number of aryl methyl sites for hydroxylation is 2. The highest BCUT2D eigenvalue weighted by Crippen LogP contribution is 2.36. The first-order valence-electron chi connectivity index (χ1n) is 11.1. The molecule has 0 radical (unpaired) electrons. The summed E-state index contributed by atoms with van der Waals surface area (Å²) in [6.45, 7) is 7.29. The van der Waals surface area contributed by atoms with Crippen molar-refractivity contribution in [3.05, 3.63) is 118 Å². The summed E-state index contributed by atoms with van der Waals surface area (Å²) in [5, 5.41) is 0.912. The zero-order chi connectivity index (χ0) is 24.5. The normalized spacial score (nSPS) is 11.8. The van der Waals surface area contributed by atoms with Crippen molar-refractivity contribution in [2.45, 2.75) is 5.92 Å². The van der Waals surface area contributed by atoms with Crippen molar-refractivity contribution >= 4 is 16.6 Å². The van der Waals surface area contributed by atoms with Crippen LogP contribution in [0.5, 0.6) is 5.88 Å². The topological polar surface area (TPSA) is 66.3 Å². The molecule has 3 heterocycles. The van der Waals surface area contributed by atoms with Crippen LogP contribution in [-0.4, -0.2) is 26.2 Å². The van der Waals surface area contributed by atoms with Gasteiger partial charge in [-0.1, -0.05) is 36.4 Å². The molecule has 3 aromatic heterocycles. The van der Waals surface area contributed by atoms with Crippen molar-refractivity contribution in [2.75, 3.05) is 7.11 Å². The van der Waals surface area contributed by atoms with E-state index in [4.69, 9.17) is 11.3 Å². The first kappa shape index (κ1) is 22.1. The smallest absolute Gasteiger partial charge is 0.251 e. The van der Waals surface area contributed by atoms with Crippen molar-refractivity contribution in [1.29, 1.82) is 0 Å². The Hall–Kier alpha value is -4.70. The molecule has 0 spiro atoms. The van der Waals surface area contributed by atoms with Gasteiger partial charge in [0, 0.05) is 49.1 Å². The summed E-state index contributed by atoms with van der Waals surface area (Å²) in [7, 11) is 5.32. The van der Waals surface area contributed by atoms with Gasteiger partial charge in [0.15, 0.2) is 5.69 Å². The van der Waals surface area contributed by atoms with Crippen LogP contribution in [-0.2, 0) is 14.1 Å². The van der Waals surface area contributed by atoms with Crippen LogP contribution in [0.1, 0.15) is 22.7 Å². The van der Waals surface area contributed by atoms with E-state index < -0.39 is 0 Å². The van der Waals surface area contributed by atoms with Gasteiger partial charge in [-0.25, -0.2) is 14.8 Å². The fourth-order valence-electron chi connectivity index (χ4n) is 4.47. The molecule has 2 aromatic carbocycles. The van der Waals surface area contributed by atoms with Crippen molar-refractivity contribution < 1.29 is 4.74 Å². The van der Waals surface area contributed by atoms with Crippen molar-refractivity contribution in [1.82, 2.24) is 19.1 Å². The van der Waals surface area contributed by atoms with Gasteiger partial charge in [0.1, 0.15) is 0 Å². The van der Waals surface area contributed by atoms with Crippen molar-refractivity contribution in [3.63, 3.8) is 0 Å². The van der Waals surface area contributed by atoms with Crippen molar-refractivity contribution in [3.8, 4) is 17.1 Å². The van der Waals surface area contributed by atoms with Crippen LogP contribution < -0.4 is 10.3 Å². The van der Waals surface area contributed by atoms with Gasteiger partial charge in [-0.15, -0.1) is 0 Å². The molecule has 0 saturated heterocycles. The molecule has 35 heavy (non-hydrogen) atoms. The summed E-state index contributed by atoms with van der Waals surface area (Å²) < 4.78 is 8.97. The Bertz CT molecular complexity index is 1640. The number of hydrogen-bond acceptors (Lipinski definition) is 4. The second kappa shape index (κ2) is 8.92. The average molecular weight is 462 g/mol. The number of rotatable bonds is 5. The van der Waals surface area contributed by atoms with Gasteiger partial charge in [0.05, 0.1) is 37.1 Å². The van der Waals surface area contributed by atoms with E-state index in [0.29, 0.717) is 17.3 Å². The number of hydrogen-bond donors (Lipinski definition) is 0. The largest absolute Gasteiger partial charge is 0.481 e. The second-order valence-electron chi connectivity index (χ2n) is 8.36. The highest BCUT2D eigenvalue weighted by molar-refractivity contribution is 5.94. The molecule has 0 saturated carbocycles. The third kappa shape index (κ3) is 3.96. The van der Waals surface area contributed by atoms with E-state index in [9.17, 15) is 4.79 Å². The SMILES string of the molecule is [C-]#[N+]c1ccc([C@@H](c2ccc3c(c2)c(-c2cccc(OC)n2)cc(=O)n3C)c2cncn2C)cc1. The molecule has 0 fully saturated rings. The molecule has 1 atom stereocenters. The molecule has 0 aliphatic carbocycles. The predicted molar refractivity (Wildman–Crippen MR) is 136 cm³/mol. The highest BCUT2D eigenvalue weighted by atomic mass is 16.5. The number of ether oxygens (including phenoxy) is 1. The molecule has 172 valence electrons. The lowest BCUT2D eigenvalue weighted by molar-refractivity contribution is 0.398. The molecular formula is C28H23N5O2. The lowest BCUT2D eigenvalue weighted by Crippen LogP contribution is -2.17. The van der Waals surface area contributed by atoms with Crippen LogP contribution in [0.2, 0.25) is 0 Å². The summed E-state index contributed by atoms with van der Waals surface area (Å²) in [4.78, 5) is 25.2. The Morgan fingerprint density at radius 3 is 2.46 bits per heavy atom. The Morgan fingerprint density at radius 2 is 1.77 bits per heavy atom. The maximum Gasteiger partial charge on any atom is 0.251 e. The number of aromatic nitrogens is 4. The van der Waals surface area contributed by atoms with Gasteiger partial charge >= 0.3 is 0 Å². The number of fused-ring (bicyclic) bond motifs is 1. The maximum absolute atomic E-state index is 12.8. The number of benzene rings is 2. The molecule has 0 N–H and O–H groups in total. The minimum absolute atomic E-state index is 0.109. The van der Waals surface area contributed by atoms with E-state index in [0.717, 1.165) is 33.3 Å². The minimum Gasteiger partial charge on any atom is -0.481 e. The number of imidazole rings is 1. The van der Waals surface area contributed by atoms with E-state index in [1.807, 2.05) is 66.3 Å². The van der Waals surface area contributed by atoms with Crippen LogP contribution in [0, 0.1) is 6.57 Å². The monoisotopic (exact) mass is 461 g/mol. The number of nitrogens with zero attached hydrogens (tertiary/aromatic N) is 5. The van der Waals surface area contributed by atoms with Gasteiger partial charge in [0.25, 0.3) is 5.56 Å². The molecule has 0 aliphatic rings. The average Bonchev–Trinajstić information content (AvgIpc) is 3.32. The van der Waals surface area contributed by atoms with Crippen LogP contribution in [0.15, 0.2) is 84.0 Å². The van der Waals surface area contributed by atoms with Gasteiger partial charge in [-0.2, -0.15) is 0 Å². The predicted octanol–water partition coefficient (Wildman–Crippen LogP) is 5.07. The van der Waals surface area contributed by atoms with E-state index in [1.54, 1.807) is 37.2 Å². The van der Waals surface area contributed by atoms with E-state index in [1.165, 1.54) is 0 Å². The Morgan fingerprint density at radius 1 is 1.00 bits per heavy atom. The first-order valence-corrected chi connectivity index (χ1v) is 11.1. The lowest BCUT2D eigenvalue weighted by atomic mass is 9.87. The highest BCUT2D eigenvalue weighted by Gasteiger charge is 2.21. The molecule has 7 heteroatoms. The van der Waals surface area contributed by atoms with Gasteiger partial charge in [-0.05, 0) is 29.3 Å². The summed E-state index contributed by atoms with van der Waals surface area (Å²) >= 11 is 0. The third-order valence-electron chi connectivity index (χ3n) is 6.32. The molecule has 0 unspecified atom stereocenters. The molecule has 0 bridgehead atoms. The number of methoxy groups -OCH3 is 1. The second-order valence-corrected chi connectivity index (χ2v) is 8.36. The van der Waals surface area contributed by atoms with Crippen LogP contribution >= 0.6 is 0 Å². The quantitative estimate of drug-likeness (QED) is 0.343. The van der Waals surface area contributed by atoms with Crippen LogP contribution in [0.25, 0.3) is 27.0 Å².